The minimum Gasteiger partial charge on any atom is -0.396 e. The Morgan fingerprint density at radius 1 is 1.36 bits per heavy atom. The summed E-state index contributed by atoms with van der Waals surface area (Å²) in [4.78, 5) is 0. The second kappa shape index (κ2) is 4.86. The Hall–Kier alpha value is 0.270. The van der Waals surface area contributed by atoms with Gasteiger partial charge in [-0.15, -0.1) is 0 Å². The third-order valence-electron chi connectivity index (χ3n) is 3.41. The van der Waals surface area contributed by atoms with Crippen molar-refractivity contribution in [1.29, 1.82) is 0 Å². The third-order valence-corrected chi connectivity index (χ3v) is 4.70. The molecule has 2 aliphatic rings. The molecule has 1 aliphatic heterocycles. The molecule has 2 rings (SSSR count). The van der Waals surface area contributed by atoms with Crippen LogP contribution in [0.5, 0.6) is 0 Å². The molecule has 1 heterocycles. The van der Waals surface area contributed by atoms with Gasteiger partial charge in [0.25, 0.3) is 0 Å². The minimum absolute atomic E-state index is 0.241. The molecule has 1 spiro atoms. The molecule has 0 radical (unpaired) electrons. The highest BCUT2D eigenvalue weighted by Crippen LogP contribution is 2.42. The van der Waals surface area contributed by atoms with Gasteiger partial charge in [-0.2, -0.15) is 11.8 Å². The van der Waals surface area contributed by atoms with Crippen LogP contribution in [-0.2, 0) is 4.74 Å². The zero-order valence-corrected chi connectivity index (χ0v) is 9.52. The lowest BCUT2D eigenvalue weighted by atomic mass is 9.92. The van der Waals surface area contributed by atoms with E-state index in [9.17, 15) is 0 Å². The van der Waals surface area contributed by atoms with Crippen molar-refractivity contribution in [1.82, 2.24) is 0 Å². The summed E-state index contributed by atoms with van der Waals surface area (Å²) in [5.41, 5.74) is 0.241. The Morgan fingerprint density at radius 2 is 2.14 bits per heavy atom. The van der Waals surface area contributed by atoms with Crippen LogP contribution in [-0.4, -0.2) is 34.9 Å². The molecule has 0 bridgehead atoms. The van der Waals surface area contributed by atoms with Crippen LogP contribution < -0.4 is 0 Å². The molecule has 2 fully saturated rings. The molecule has 82 valence electrons. The van der Waals surface area contributed by atoms with Crippen LogP contribution in [0, 0.1) is 0 Å². The van der Waals surface area contributed by atoms with E-state index in [2.05, 4.69) is 0 Å². The van der Waals surface area contributed by atoms with Gasteiger partial charge >= 0.3 is 0 Å². The topological polar surface area (TPSA) is 29.5 Å². The smallest absolute Gasteiger partial charge is 0.0693 e. The molecule has 1 saturated carbocycles. The summed E-state index contributed by atoms with van der Waals surface area (Å²) in [5.74, 6) is 0.890. The molecule has 14 heavy (non-hydrogen) atoms. The maximum Gasteiger partial charge on any atom is 0.0693 e. The molecule has 0 aromatic carbocycles. The molecule has 1 unspecified atom stereocenters. The van der Waals surface area contributed by atoms with E-state index in [0.717, 1.165) is 17.6 Å². The zero-order chi connectivity index (χ0) is 9.86. The lowest BCUT2D eigenvalue weighted by molar-refractivity contribution is -0.0704. The van der Waals surface area contributed by atoms with Crippen molar-refractivity contribution in [2.45, 2.75) is 49.4 Å². The number of ether oxygens (including phenoxy) is 1. The number of thioether (sulfide) groups is 1. The number of aliphatic hydroxyl groups excluding tert-OH is 1. The third kappa shape index (κ3) is 2.44. The fourth-order valence-electron chi connectivity index (χ4n) is 2.71. The maximum absolute atomic E-state index is 8.80. The number of hydrogen-bond acceptors (Lipinski definition) is 3. The highest BCUT2D eigenvalue weighted by Gasteiger charge is 2.39. The van der Waals surface area contributed by atoms with Gasteiger partial charge < -0.3 is 9.84 Å². The minimum atomic E-state index is 0.241. The van der Waals surface area contributed by atoms with Gasteiger partial charge in [0, 0.05) is 17.6 Å². The average molecular weight is 216 g/mol. The molecule has 1 saturated heterocycles. The highest BCUT2D eigenvalue weighted by atomic mass is 32.2. The predicted octanol–water partition coefficient (Wildman–Crippen LogP) is 2.20. The van der Waals surface area contributed by atoms with Crippen LogP contribution in [0.3, 0.4) is 0 Å². The van der Waals surface area contributed by atoms with E-state index in [0.29, 0.717) is 6.61 Å². The predicted molar refractivity (Wildman–Crippen MR) is 59.7 cm³/mol. The lowest BCUT2D eigenvalue weighted by Gasteiger charge is -2.38. The Labute approximate surface area is 90.4 Å². The van der Waals surface area contributed by atoms with Gasteiger partial charge in [0.15, 0.2) is 0 Å². The van der Waals surface area contributed by atoms with Gasteiger partial charge in [-0.3, -0.25) is 0 Å². The summed E-state index contributed by atoms with van der Waals surface area (Å²) in [5, 5.41) is 9.53. The van der Waals surface area contributed by atoms with Crippen LogP contribution in [0.2, 0.25) is 0 Å². The van der Waals surface area contributed by atoms with E-state index in [1.54, 1.807) is 0 Å². The molecular formula is C11H20O2S. The van der Waals surface area contributed by atoms with Crippen molar-refractivity contribution in [2.24, 2.45) is 0 Å². The fourth-order valence-corrected chi connectivity index (χ4v) is 3.84. The van der Waals surface area contributed by atoms with Gasteiger partial charge in [0.2, 0.25) is 0 Å². The summed E-state index contributed by atoms with van der Waals surface area (Å²) in [6.45, 7) is 1.25. The quantitative estimate of drug-likeness (QED) is 0.784. The first-order valence-electron chi connectivity index (χ1n) is 5.71. The van der Waals surface area contributed by atoms with Gasteiger partial charge in [0.05, 0.1) is 12.2 Å². The summed E-state index contributed by atoms with van der Waals surface area (Å²) in [6.07, 6.45) is 7.62. The Kier molecular flexibility index (Phi) is 3.74. The van der Waals surface area contributed by atoms with Gasteiger partial charge in [-0.25, -0.2) is 0 Å². The van der Waals surface area contributed by atoms with Crippen molar-refractivity contribution in [3.05, 3.63) is 0 Å². The summed E-state index contributed by atoms with van der Waals surface area (Å²) in [6, 6.07) is 0. The first-order chi connectivity index (χ1) is 6.85. The molecular weight excluding hydrogens is 196 g/mol. The number of hydrogen-bond donors (Lipinski definition) is 1. The molecule has 2 nitrogen and oxygen atoms in total. The number of rotatable bonds is 3. The monoisotopic (exact) mass is 216 g/mol. The Balaban J connectivity index is 1.83. The van der Waals surface area contributed by atoms with E-state index >= 15 is 0 Å². The SMILES string of the molecule is OCCSC1CCOC2(CCCC2)C1. The molecule has 0 aromatic heterocycles. The number of aliphatic hydroxyl groups is 1. The average Bonchev–Trinajstić information content (AvgIpc) is 2.63. The first-order valence-corrected chi connectivity index (χ1v) is 6.76. The van der Waals surface area contributed by atoms with Crippen molar-refractivity contribution in [2.75, 3.05) is 19.0 Å². The molecule has 1 aliphatic carbocycles. The van der Waals surface area contributed by atoms with Crippen LogP contribution >= 0.6 is 11.8 Å². The largest absolute Gasteiger partial charge is 0.396 e. The van der Waals surface area contributed by atoms with Gasteiger partial charge in [-0.05, 0) is 25.7 Å². The van der Waals surface area contributed by atoms with Crippen molar-refractivity contribution < 1.29 is 9.84 Å². The first kappa shape index (κ1) is 10.8. The van der Waals surface area contributed by atoms with E-state index < -0.39 is 0 Å². The highest BCUT2D eigenvalue weighted by molar-refractivity contribution is 7.99. The van der Waals surface area contributed by atoms with Gasteiger partial charge in [0.1, 0.15) is 0 Å². The summed E-state index contributed by atoms with van der Waals surface area (Å²) < 4.78 is 5.96. The van der Waals surface area contributed by atoms with E-state index in [4.69, 9.17) is 9.84 Å². The normalized spacial score (nSPS) is 31.1. The molecule has 3 heteroatoms. The molecule has 1 N–H and O–H groups in total. The van der Waals surface area contributed by atoms with E-state index in [1.807, 2.05) is 11.8 Å². The second-order valence-corrected chi connectivity index (χ2v) is 5.86. The summed E-state index contributed by atoms with van der Waals surface area (Å²) >= 11 is 1.93. The second-order valence-electron chi connectivity index (χ2n) is 4.45. The van der Waals surface area contributed by atoms with Crippen LogP contribution in [0.15, 0.2) is 0 Å². The fraction of sp³-hybridized carbons (Fsp3) is 1.00. The lowest BCUT2D eigenvalue weighted by Crippen LogP contribution is -2.38. The zero-order valence-electron chi connectivity index (χ0n) is 8.71. The van der Waals surface area contributed by atoms with Crippen molar-refractivity contribution in [3.63, 3.8) is 0 Å². The molecule has 0 amide bonds. The Bertz CT molecular complexity index is 178. The van der Waals surface area contributed by atoms with Crippen LogP contribution in [0.25, 0.3) is 0 Å². The van der Waals surface area contributed by atoms with Crippen LogP contribution in [0.4, 0.5) is 0 Å². The Morgan fingerprint density at radius 3 is 2.86 bits per heavy atom. The van der Waals surface area contributed by atoms with Gasteiger partial charge in [-0.1, -0.05) is 12.8 Å². The standard InChI is InChI=1S/C11H20O2S/c12-6-8-14-10-3-7-13-11(9-10)4-1-2-5-11/h10,12H,1-9H2. The molecule has 1 atom stereocenters. The van der Waals surface area contributed by atoms with Crippen LogP contribution in [0.1, 0.15) is 38.5 Å². The molecule has 0 aromatic rings. The maximum atomic E-state index is 8.80. The van der Waals surface area contributed by atoms with Crippen molar-refractivity contribution in [3.8, 4) is 0 Å². The van der Waals surface area contributed by atoms with E-state index in [1.165, 1.54) is 38.5 Å². The van der Waals surface area contributed by atoms with Crippen molar-refractivity contribution >= 4 is 11.8 Å². The van der Waals surface area contributed by atoms with E-state index in [-0.39, 0.29) is 5.60 Å². The summed E-state index contributed by atoms with van der Waals surface area (Å²) in [7, 11) is 0.